The van der Waals surface area contributed by atoms with Crippen molar-refractivity contribution in [3.05, 3.63) is 32.7 Å². The summed E-state index contributed by atoms with van der Waals surface area (Å²) in [5.74, 6) is 0. The number of fused-ring (bicyclic) bond motifs is 1. The molecule has 0 aromatic carbocycles. The second-order valence-electron chi connectivity index (χ2n) is 2.94. The smallest absolute Gasteiger partial charge is 0.150 e. The summed E-state index contributed by atoms with van der Waals surface area (Å²) >= 11 is 8.10. The minimum atomic E-state index is 0.119. The molecule has 0 unspecified atom stereocenters. The van der Waals surface area contributed by atoms with E-state index >= 15 is 0 Å². The zero-order valence-electron chi connectivity index (χ0n) is 7.24. The number of rotatable bonds is 2. The monoisotopic (exact) mass is 322 g/mol. The number of nitrogens with zero attached hydrogens (tertiary/aromatic N) is 2. The normalized spacial score (nSPS) is 11.1. The van der Waals surface area contributed by atoms with Gasteiger partial charge in [0.1, 0.15) is 0 Å². The third-order valence-corrected chi connectivity index (χ3v) is 2.89. The van der Waals surface area contributed by atoms with Gasteiger partial charge in [0.15, 0.2) is 5.65 Å². The Morgan fingerprint density at radius 2 is 2.29 bits per heavy atom. The van der Waals surface area contributed by atoms with Crippen LogP contribution in [0.1, 0.15) is 5.69 Å². The van der Waals surface area contributed by atoms with Crippen molar-refractivity contribution in [3.63, 3.8) is 0 Å². The number of hydrogen-bond acceptors (Lipinski definition) is 2. The molecule has 0 atom stereocenters. The number of imidazole rings is 1. The summed E-state index contributed by atoms with van der Waals surface area (Å²) in [6.45, 7) is 0.119. The number of hydrogen-bond donors (Lipinski definition) is 1. The highest BCUT2D eigenvalue weighted by atomic mass is 127. The average Bonchev–Trinajstić information content (AvgIpc) is 2.48. The molecule has 0 aliphatic heterocycles. The van der Waals surface area contributed by atoms with Crippen molar-refractivity contribution >= 4 is 39.8 Å². The standard InChI is InChI=1S/C9H8ClIN2O/c10-6-3-8(11)9-12-7(1-2-14)5-13(9)4-6/h3-5,14H,1-2H2. The van der Waals surface area contributed by atoms with Crippen LogP contribution in [0.4, 0.5) is 0 Å². The molecule has 0 aliphatic rings. The van der Waals surface area contributed by atoms with Crippen LogP contribution in [0.2, 0.25) is 5.02 Å². The average molecular weight is 323 g/mol. The molecule has 2 aromatic heterocycles. The van der Waals surface area contributed by atoms with Crippen molar-refractivity contribution < 1.29 is 5.11 Å². The molecular weight excluding hydrogens is 314 g/mol. The Balaban J connectivity index is 2.58. The Kier molecular flexibility index (Phi) is 2.94. The van der Waals surface area contributed by atoms with Gasteiger partial charge in [0, 0.05) is 25.4 Å². The summed E-state index contributed by atoms with van der Waals surface area (Å²) in [6, 6.07) is 1.87. The summed E-state index contributed by atoms with van der Waals surface area (Å²) in [4.78, 5) is 4.38. The zero-order chi connectivity index (χ0) is 10.1. The molecular formula is C9H8ClIN2O. The maximum absolute atomic E-state index is 8.79. The summed E-state index contributed by atoms with van der Waals surface area (Å²) in [5, 5.41) is 9.48. The minimum absolute atomic E-state index is 0.119. The van der Waals surface area contributed by atoms with Crippen molar-refractivity contribution in [1.82, 2.24) is 9.38 Å². The number of halogens is 2. The fourth-order valence-electron chi connectivity index (χ4n) is 1.31. The van der Waals surface area contributed by atoms with E-state index in [-0.39, 0.29) is 6.61 Å². The van der Waals surface area contributed by atoms with Crippen molar-refractivity contribution in [1.29, 1.82) is 0 Å². The largest absolute Gasteiger partial charge is 0.396 e. The van der Waals surface area contributed by atoms with Crippen LogP contribution in [-0.4, -0.2) is 21.1 Å². The molecule has 5 heteroatoms. The van der Waals surface area contributed by atoms with Crippen LogP contribution in [0.25, 0.3) is 5.65 Å². The summed E-state index contributed by atoms with van der Waals surface area (Å²) in [6.07, 6.45) is 4.28. The van der Waals surface area contributed by atoms with E-state index in [1.807, 2.05) is 22.9 Å². The number of aromatic nitrogens is 2. The van der Waals surface area contributed by atoms with E-state index in [1.165, 1.54) is 0 Å². The molecule has 3 nitrogen and oxygen atoms in total. The van der Waals surface area contributed by atoms with Gasteiger partial charge in [-0.15, -0.1) is 0 Å². The van der Waals surface area contributed by atoms with E-state index in [2.05, 4.69) is 27.6 Å². The van der Waals surface area contributed by atoms with Crippen LogP contribution in [0.15, 0.2) is 18.5 Å². The quantitative estimate of drug-likeness (QED) is 0.860. The number of aliphatic hydroxyl groups excluding tert-OH is 1. The molecule has 0 saturated carbocycles. The van der Waals surface area contributed by atoms with Crippen molar-refractivity contribution in [3.8, 4) is 0 Å². The van der Waals surface area contributed by atoms with Gasteiger partial charge < -0.3 is 9.51 Å². The van der Waals surface area contributed by atoms with Gasteiger partial charge in [0.05, 0.1) is 14.3 Å². The van der Waals surface area contributed by atoms with Crippen LogP contribution < -0.4 is 0 Å². The van der Waals surface area contributed by atoms with Crippen LogP contribution >= 0.6 is 34.2 Å². The zero-order valence-corrected chi connectivity index (χ0v) is 10.2. The molecule has 0 amide bonds. The molecule has 1 N–H and O–H groups in total. The Morgan fingerprint density at radius 3 is 3.00 bits per heavy atom. The first-order valence-corrected chi connectivity index (χ1v) is 5.60. The Bertz CT molecular complexity index is 469. The lowest BCUT2D eigenvalue weighted by Crippen LogP contribution is -1.89. The fraction of sp³-hybridized carbons (Fsp3) is 0.222. The van der Waals surface area contributed by atoms with Crippen LogP contribution in [0.5, 0.6) is 0 Å². The SMILES string of the molecule is OCCc1cn2cc(Cl)cc(I)c2n1. The van der Waals surface area contributed by atoms with Crippen LogP contribution in [-0.2, 0) is 6.42 Å². The maximum Gasteiger partial charge on any atom is 0.150 e. The second kappa shape index (κ2) is 4.04. The van der Waals surface area contributed by atoms with Gasteiger partial charge in [-0.25, -0.2) is 4.98 Å². The van der Waals surface area contributed by atoms with Gasteiger partial charge in [-0.1, -0.05) is 11.6 Å². The third kappa shape index (κ3) is 1.87. The lowest BCUT2D eigenvalue weighted by Gasteiger charge is -1.96. The Morgan fingerprint density at radius 1 is 1.50 bits per heavy atom. The molecule has 0 aliphatic carbocycles. The molecule has 0 saturated heterocycles. The van der Waals surface area contributed by atoms with Gasteiger partial charge in [-0.2, -0.15) is 0 Å². The highest BCUT2D eigenvalue weighted by Crippen LogP contribution is 2.19. The second-order valence-corrected chi connectivity index (χ2v) is 4.54. The summed E-state index contributed by atoms with van der Waals surface area (Å²) in [7, 11) is 0. The molecule has 0 fully saturated rings. The van der Waals surface area contributed by atoms with Gasteiger partial charge in [0.2, 0.25) is 0 Å². The van der Waals surface area contributed by atoms with E-state index in [0.717, 1.165) is 14.9 Å². The van der Waals surface area contributed by atoms with Crippen molar-refractivity contribution in [2.45, 2.75) is 6.42 Å². The molecule has 0 radical (unpaired) electrons. The molecule has 2 heterocycles. The van der Waals surface area contributed by atoms with Crippen molar-refractivity contribution in [2.24, 2.45) is 0 Å². The predicted molar refractivity (Wildman–Crippen MR) is 63.7 cm³/mol. The summed E-state index contributed by atoms with van der Waals surface area (Å²) < 4.78 is 2.90. The van der Waals surface area contributed by atoms with Gasteiger partial charge in [-0.3, -0.25) is 0 Å². The summed E-state index contributed by atoms with van der Waals surface area (Å²) in [5.41, 5.74) is 1.77. The topological polar surface area (TPSA) is 37.5 Å². The van der Waals surface area contributed by atoms with Gasteiger partial charge in [0.25, 0.3) is 0 Å². The number of pyridine rings is 1. The molecule has 14 heavy (non-hydrogen) atoms. The molecule has 2 rings (SSSR count). The van der Waals surface area contributed by atoms with E-state index in [0.29, 0.717) is 11.4 Å². The highest BCUT2D eigenvalue weighted by molar-refractivity contribution is 14.1. The van der Waals surface area contributed by atoms with E-state index in [1.54, 1.807) is 0 Å². The Hall–Kier alpha value is -0.330. The molecule has 0 spiro atoms. The maximum atomic E-state index is 8.79. The first-order valence-electron chi connectivity index (χ1n) is 4.14. The lowest BCUT2D eigenvalue weighted by molar-refractivity contribution is 0.298. The molecule has 74 valence electrons. The van der Waals surface area contributed by atoms with Gasteiger partial charge >= 0.3 is 0 Å². The molecule has 0 bridgehead atoms. The minimum Gasteiger partial charge on any atom is -0.396 e. The van der Waals surface area contributed by atoms with Crippen LogP contribution in [0.3, 0.4) is 0 Å². The molecule has 2 aromatic rings. The first-order chi connectivity index (χ1) is 6.70. The number of aliphatic hydroxyl groups is 1. The van der Waals surface area contributed by atoms with E-state index in [9.17, 15) is 0 Å². The van der Waals surface area contributed by atoms with Crippen molar-refractivity contribution in [2.75, 3.05) is 6.61 Å². The third-order valence-electron chi connectivity index (χ3n) is 1.89. The Labute approximate surface area is 99.9 Å². The predicted octanol–water partition coefficient (Wildman–Crippen LogP) is 2.13. The fourth-order valence-corrected chi connectivity index (χ4v) is 2.44. The van der Waals surface area contributed by atoms with Crippen LogP contribution in [0, 0.1) is 3.57 Å². The highest BCUT2D eigenvalue weighted by Gasteiger charge is 2.05. The van der Waals surface area contributed by atoms with Gasteiger partial charge in [-0.05, 0) is 28.7 Å². The van der Waals surface area contributed by atoms with E-state index < -0.39 is 0 Å². The lowest BCUT2D eigenvalue weighted by atomic mass is 10.4. The first kappa shape index (κ1) is 10.2. The van der Waals surface area contributed by atoms with E-state index in [4.69, 9.17) is 16.7 Å².